The molecule has 0 aliphatic rings. The quantitative estimate of drug-likeness (QED) is 0.0567. The summed E-state index contributed by atoms with van der Waals surface area (Å²) < 4.78 is 7.05. The van der Waals surface area contributed by atoms with Gasteiger partial charge in [0.2, 0.25) is 0 Å². The van der Waals surface area contributed by atoms with Gasteiger partial charge in [-0.3, -0.25) is 15.0 Å². The summed E-state index contributed by atoms with van der Waals surface area (Å²) in [7, 11) is 0. The summed E-state index contributed by atoms with van der Waals surface area (Å²) >= 11 is 0. The Morgan fingerprint density at radius 3 is 0.760 bits per heavy atom. The molecule has 0 atom stereocenters. The number of aryl methyl sites for hydroxylation is 6. The van der Waals surface area contributed by atoms with Crippen LogP contribution in [0.4, 0.5) is 0 Å². The van der Waals surface area contributed by atoms with Crippen LogP contribution in [-0.2, 0) is 60.3 Å². The molecule has 0 N–H and O–H groups in total. The number of aromatic nitrogens is 6. The third kappa shape index (κ3) is 24.3. The van der Waals surface area contributed by atoms with Crippen LogP contribution < -0.4 is 0 Å². The fraction of sp³-hybridized carbons (Fsp3) is 0.170. The van der Waals surface area contributed by atoms with Crippen molar-refractivity contribution in [1.29, 1.82) is 0 Å². The molecule has 0 aliphatic carbocycles. The Hall–Kier alpha value is -14.5. The summed E-state index contributed by atoms with van der Waals surface area (Å²) in [5, 5.41) is 0. The van der Waals surface area contributed by atoms with Crippen molar-refractivity contribution in [3.8, 4) is 185 Å². The SMILES string of the molecule is Cc1cc(C)cc(-c2cn(-c3c(C(C)C)cc(-c4ccccc4)cc3C(C)C)c(-c3[c-]ccc(-c4cccc(-c5ccccc5)c4)c3)n2)c1.Cc1cc(C)cc(-c2cn(-c3c(C(C)C)ccc(-c4ccc(-c5ccccc5)cc4)c3C(C)C)c(-c3[c-]ccc(-c4ccccc4)c3)n2)c1.Cc1cc(C)cc(-c2cn(-c3c(C(C)C)cccc3C(C)C)c(-c3[c-]ccc(-c4cc(-c5ccccc5)cc(-c5ccccc5)c4)c3)n2)c1.[Ir].[Ir].[Ir]. The minimum absolute atomic E-state index is 0. The Bertz CT molecular complexity index is 8080. The van der Waals surface area contributed by atoms with E-state index in [1.165, 1.54) is 162 Å². The van der Waals surface area contributed by atoms with Gasteiger partial charge in [-0.15, -0.1) is 106 Å². The summed E-state index contributed by atoms with van der Waals surface area (Å²) in [6, 6.07) is 155. The maximum absolute atomic E-state index is 5.42. The van der Waals surface area contributed by atoms with E-state index in [0.717, 1.165) is 90.2 Å². The fourth-order valence-electron chi connectivity index (χ4n) is 21.0. The Balaban J connectivity index is 0.000000159. The van der Waals surface area contributed by atoms with E-state index < -0.39 is 0 Å². The third-order valence-electron chi connectivity index (χ3n) is 28.0. The molecule has 150 heavy (non-hydrogen) atoms. The predicted octanol–water partition coefficient (Wildman–Crippen LogP) is 38.6. The second kappa shape index (κ2) is 48.4. The molecule has 3 heterocycles. The Morgan fingerprint density at radius 2 is 0.427 bits per heavy atom. The van der Waals surface area contributed by atoms with Gasteiger partial charge < -0.3 is 13.7 Å². The monoisotopic (exact) mass is 2480 g/mol. The Labute approximate surface area is 930 Å². The summed E-state index contributed by atoms with van der Waals surface area (Å²) in [5.41, 5.74) is 49.6. The first-order valence-electron chi connectivity index (χ1n) is 52.0. The number of benzene rings is 18. The first kappa shape index (κ1) is 108. The largest absolute Gasteiger partial charge is 0.339 e. The molecule has 6 nitrogen and oxygen atoms in total. The molecule has 3 aromatic heterocycles. The van der Waals surface area contributed by atoms with Gasteiger partial charge in [-0.05, 0) is 267 Å². The van der Waals surface area contributed by atoms with Gasteiger partial charge in [0.05, 0.1) is 34.6 Å². The minimum Gasteiger partial charge on any atom is -0.339 e. The third-order valence-corrected chi connectivity index (χ3v) is 28.0. The number of para-hydroxylation sites is 1. The summed E-state index contributed by atoms with van der Waals surface area (Å²) in [6.07, 6.45) is 6.73. The number of hydrogen-bond acceptors (Lipinski definition) is 3. The second-order valence-electron chi connectivity index (χ2n) is 41.4. The van der Waals surface area contributed by atoms with Crippen LogP contribution >= 0.6 is 0 Å². The van der Waals surface area contributed by atoms with Crippen molar-refractivity contribution in [3.63, 3.8) is 0 Å². The van der Waals surface area contributed by atoms with Gasteiger partial charge in [-0.1, -0.05) is 389 Å². The zero-order valence-electron chi connectivity index (χ0n) is 89.0. The van der Waals surface area contributed by atoms with Gasteiger partial charge in [0.1, 0.15) is 0 Å². The van der Waals surface area contributed by atoms with Crippen molar-refractivity contribution in [1.82, 2.24) is 28.7 Å². The van der Waals surface area contributed by atoms with Crippen LogP contribution in [0.5, 0.6) is 0 Å². The van der Waals surface area contributed by atoms with Gasteiger partial charge in [0.25, 0.3) is 0 Å². The van der Waals surface area contributed by atoms with Crippen molar-refractivity contribution in [2.24, 2.45) is 0 Å². The van der Waals surface area contributed by atoms with Crippen molar-refractivity contribution in [2.75, 3.05) is 0 Å². The molecule has 9 heteroatoms. The van der Waals surface area contributed by atoms with Gasteiger partial charge >= 0.3 is 0 Å². The average Bonchev–Trinajstić information content (AvgIpc) is 1.55. The van der Waals surface area contributed by atoms with Crippen LogP contribution in [-0.4, -0.2) is 28.7 Å². The molecule has 18 aromatic carbocycles. The molecule has 0 amide bonds. The molecule has 0 unspecified atom stereocenters. The van der Waals surface area contributed by atoms with Crippen LogP contribution in [0, 0.1) is 59.7 Å². The Morgan fingerprint density at radius 1 is 0.187 bits per heavy atom. The summed E-state index contributed by atoms with van der Waals surface area (Å²) in [6.45, 7) is 40.5. The molecular weight excluding hydrogens is 2350 g/mol. The molecule has 21 aromatic rings. The van der Waals surface area contributed by atoms with Crippen LogP contribution in [0.2, 0.25) is 0 Å². The fourth-order valence-corrected chi connectivity index (χ4v) is 21.0. The van der Waals surface area contributed by atoms with E-state index in [-0.39, 0.29) is 66.2 Å². The smallest absolute Gasteiger partial charge is 0.0772 e. The second-order valence-corrected chi connectivity index (χ2v) is 41.4. The van der Waals surface area contributed by atoms with E-state index in [1.54, 1.807) is 0 Å². The summed E-state index contributed by atoms with van der Waals surface area (Å²) in [4.78, 5) is 16.3. The van der Waals surface area contributed by atoms with Crippen molar-refractivity contribution in [2.45, 2.75) is 160 Å². The first-order chi connectivity index (χ1) is 71.3. The van der Waals surface area contributed by atoms with Gasteiger partial charge in [-0.25, -0.2) is 0 Å². The molecular formula is C141H129Ir3N6-3. The van der Waals surface area contributed by atoms with Crippen LogP contribution in [0.15, 0.2) is 419 Å². The summed E-state index contributed by atoms with van der Waals surface area (Å²) in [5.74, 6) is 4.55. The van der Waals surface area contributed by atoms with Crippen molar-refractivity contribution < 1.29 is 60.3 Å². The molecule has 0 bridgehead atoms. The topological polar surface area (TPSA) is 53.5 Å². The average molecular weight is 2480 g/mol. The van der Waals surface area contributed by atoms with E-state index in [4.69, 9.17) is 15.0 Å². The standard InChI is InChI=1S/3C47H43N2.3Ir/c1-31(2)43-21-14-22-44(32(3)4)46(43)49-30-45(42-24-33(5)23-34(6)25-42)48-47(49)38-20-13-19-37(26-38)41-28-39(35-15-9-7-10-16-35)27-40(29-41)36-17-11-8-12-18-36;1-31(2)43-28-41(36-17-11-8-12-18-36)29-44(32(3)4)46(43)49-30-45(42-24-33(5)23-34(6)25-42)48-47(49)40-22-14-21-39(27-40)38-20-13-19-37(26-38)35-15-9-7-10-16-35;1-31(2)42-24-25-43(38-22-20-37(21-23-38)35-14-9-7-10-15-35)45(32(3)4)46(42)49-30-44(41-27-33(5)26-34(6)28-41)48-47(49)40-19-13-18-39(29-40)36-16-11-8-12-17-36;;;/h7-19,21-32H,1-6H3;7-21,23-32H,1-6H3;7-18,20-32H,1-6H3;;;/q3*-1;;;. The molecule has 753 valence electrons. The molecule has 0 saturated carbocycles. The first-order valence-corrected chi connectivity index (χ1v) is 52.0. The van der Waals surface area contributed by atoms with E-state index >= 15 is 0 Å². The normalized spacial score (nSPS) is 11.2. The number of rotatable bonds is 24. The van der Waals surface area contributed by atoms with Crippen LogP contribution in [0.1, 0.15) is 185 Å². The van der Waals surface area contributed by atoms with Gasteiger partial charge in [0, 0.05) is 113 Å². The van der Waals surface area contributed by atoms with Gasteiger partial charge in [0.15, 0.2) is 0 Å². The van der Waals surface area contributed by atoms with E-state index in [9.17, 15) is 0 Å². The number of hydrogen-bond donors (Lipinski definition) is 0. The van der Waals surface area contributed by atoms with E-state index in [1.807, 2.05) is 12.1 Å². The maximum Gasteiger partial charge on any atom is 0.0772 e. The molecule has 0 spiro atoms. The van der Waals surface area contributed by atoms with E-state index in [2.05, 4.69) is 563 Å². The van der Waals surface area contributed by atoms with Gasteiger partial charge in [-0.2, -0.15) is 0 Å². The minimum atomic E-state index is 0. The molecule has 0 aliphatic heterocycles. The van der Waals surface area contributed by atoms with Crippen molar-refractivity contribution >= 4 is 0 Å². The zero-order chi connectivity index (χ0) is 102. The predicted molar refractivity (Wildman–Crippen MR) is 622 cm³/mol. The molecule has 0 saturated heterocycles. The van der Waals surface area contributed by atoms with E-state index in [0.29, 0.717) is 29.6 Å². The van der Waals surface area contributed by atoms with Crippen LogP contribution in [0.3, 0.4) is 0 Å². The molecule has 0 fully saturated rings. The Kier molecular flexibility index (Phi) is 35.0. The van der Waals surface area contributed by atoms with Crippen LogP contribution in [0.25, 0.3) is 185 Å². The number of imidazole rings is 3. The molecule has 3 radical (unpaired) electrons. The number of nitrogens with zero attached hydrogens (tertiary/aromatic N) is 6. The molecule has 21 rings (SSSR count). The maximum atomic E-state index is 5.42. The zero-order valence-corrected chi connectivity index (χ0v) is 96.2. The van der Waals surface area contributed by atoms with Crippen molar-refractivity contribution in [3.05, 3.63) is 504 Å².